The van der Waals surface area contributed by atoms with Crippen molar-refractivity contribution in [2.45, 2.75) is 0 Å². The number of hydrogen-bond acceptors (Lipinski definition) is 5. The fraction of sp³-hybridized carbons (Fsp3) is 0.133. The number of hydrogen-bond donors (Lipinski definition) is 1. The molecule has 0 aliphatic heterocycles. The molecule has 6 nitrogen and oxygen atoms in total. The SMILES string of the molecule is CON(C)c1nc2cc(C(=O)O)ccc2c2cnccc12. The number of fused-ring (bicyclic) bond motifs is 3. The van der Waals surface area contributed by atoms with Crippen molar-refractivity contribution >= 4 is 33.5 Å². The number of aromatic carboxylic acids is 1. The Hall–Kier alpha value is -2.73. The maximum absolute atomic E-state index is 11.1. The molecule has 2 aromatic heterocycles. The van der Waals surface area contributed by atoms with Crippen LogP contribution in [0.15, 0.2) is 36.7 Å². The van der Waals surface area contributed by atoms with E-state index in [1.54, 1.807) is 44.8 Å². The molecule has 0 unspecified atom stereocenters. The summed E-state index contributed by atoms with van der Waals surface area (Å²) < 4.78 is 0. The third kappa shape index (κ3) is 2.15. The molecule has 1 aromatic carbocycles. The van der Waals surface area contributed by atoms with E-state index in [0.29, 0.717) is 11.3 Å². The molecule has 0 saturated carbocycles. The third-order valence-electron chi connectivity index (χ3n) is 3.40. The summed E-state index contributed by atoms with van der Waals surface area (Å²) in [6, 6.07) is 6.74. The molecule has 2 heterocycles. The van der Waals surface area contributed by atoms with Crippen LogP contribution < -0.4 is 5.06 Å². The number of nitrogens with zero attached hydrogens (tertiary/aromatic N) is 3. The lowest BCUT2D eigenvalue weighted by molar-refractivity contribution is 0.0697. The summed E-state index contributed by atoms with van der Waals surface area (Å²) in [5.41, 5.74) is 0.790. The molecule has 6 heteroatoms. The first-order valence-corrected chi connectivity index (χ1v) is 6.30. The second-order valence-corrected chi connectivity index (χ2v) is 4.57. The second kappa shape index (κ2) is 4.99. The second-order valence-electron chi connectivity index (χ2n) is 4.57. The number of pyridine rings is 2. The Bertz CT molecular complexity index is 848. The summed E-state index contributed by atoms with van der Waals surface area (Å²) in [5, 5.41) is 13.3. The van der Waals surface area contributed by atoms with Gasteiger partial charge in [-0.05, 0) is 18.2 Å². The quantitative estimate of drug-likeness (QED) is 0.588. The van der Waals surface area contributed by atoms with E-state index in [2.05, 4.69) is 9.97 Å². The number of anilines is 1. The Labute approximate surface area is 120 Å². The van der Waals surface area contributed by atoms with Gasteiger partial charge in [0.2, 0.25) is 0 Å². The van der Waals surface area contributed by atoms with Crippen LogP contribution in [-0.4, -0.2) is 35.2 Å². The zero-order chi connectivity index (χ0) is 15.0. The zero-order valence-electron chi connectivity index (χ0n) is 11.6. The molecular weight excluding hydrogens is 270 g/mol. The van der Waals surface area contributed by atoms with Crippen molar-refractivity contribution in [1.82, 2.24) is 9.97 Å². The van der Waals surface area contributed by atoms with Gasteiger partial charge in [-0.3, -0.25) is 9.82 Å². The van der Waals surface area contributed by atoms with Crippen LogP contribution in [0.4, 0.5) is 5.82 Å². The molecule has 3 rings (SSSR count). The number of carboxylic acid groups (broad SMARTS) is 1. The number of rotatable bonds is 3. The van der Waals surface area contributed by atoms with E-state index in [1.165, 1.54) is 5.06 Å². The lowest BCUT2D eigenvalue weighted by atomic mass is 10.1. The number of benzene rings is 1. The highest BCUT2D eigenvalue weighted by molar-refractivity contribution is 6.10. The number of carboxylic acids is 1. The highest BCUT2D eigenvalue weighted by Gasteiger charge is 2.13. The molecule has 0 amide bonds. The molecule has 21 heavy (non-hydrogen) atoms. The van der Waals surface area contributed by atoms with Gasteiger partial charge < -0.3 is 5.11 Å². The van der Waals surface area contributed by atoms with Crippen LogP contribution in [0.3, 0.4) is 0 Å². The van der Waals surface area contributed by atoms with Crippen molar-refractivity contribution in [2.24, 2.45) is 0 Å². The molecule has 0 aliphatic carbocycles. The van der Waals surface area contributed by atoms with Gasteiger partial charge in [0, 0.05) is 35.6 Å². The Morgan fingerprint density at radius 2 is 2.05 bits per heavy atom. The van der Waals surface area contributed by atoms with Crippen LogP contribution in [0.2, 0.25) is 0 Å². The van der Waals surface area contributed by atoms with Gasteiger partial charge in [-0.15, -0.1) is 0 Å². The van der Waals surface area contributed by atoms with Gasteiger partial charge in [-0.25, -0.2) is 14.8 Å². The molecule has 0 bridgehead atoms. The smallest absolute Gasteiger partial charge is 0.335 e. The predicted molar refractivity (Wildman–Crippen MR) is 79.4 cm³/mol. The van der Waals surface area contributed by atoms with E-state index in [-0.39, 0.29) is 5.56 Å². The van der Waals surface area contributed by atoms with Crippen LogP contribution in [0.25, 0.3) is 21.7 Å². The Morgan fingerprint density at radius 3 is 2.76 bits per heavy atom. The normalized spacial score (nSPS) is 11.0. The minimum absolute atomic E-state index is 0.198. The van der Waals surface area contributed by atoms with E-state index in [1.807, 2.05) is 6.07 Å². The van der Waals surface area contributed by atoms with E-state index in [9.17, 15) is 4.79 Å². The predicted octanol–water partition coefficient (Wildman–Crippen LogP) is 2.48. The van der Waals surface area contributed by atoms with E-state index < -0.39 is 5.97 Å². The summed E-state index contributed by atoms with van der Waals surface area (Å²) in [6.07, 6.45) is 3.43. The van der Waals surface area contributed by atoms with E-state index in [4.69, 9.17) is 9.94 Å². The van der Waals surface area contributed by atoms with Gasteiger partial charge in [0.15, 0.2) is 5.82 Å². The minimum atomic E-state index is -0.980. The number of aromatic nitrogens is 2. The van der Waals surface area contributed by atoms with Crippen LogP contribution in [-0.2, 0) is 4.84 Å². The molecule has 0 aliphatic rings. The topological polar surface area (TPSA) is 75.5 Å². The maximum atomic E-state index is 11.1. The average molecular weight is 283 g/mol. The fourth-order valence-electron chi connectivity index (χ4n) is 2.29. The first-order chi connectivity index (χ1) is 10.1. The van der Waals surface area contributed by atoms with E-state index >= 15 is 0 Å². The van der Waals surface area contributed by atoms with Gasteiger partial charge in [-0.2, -0.15) is 0 Å². The summed E-state index contributed by atoms with van der Waals surface area (Å²) in [6.45, 7) is 0. The number of hydroxylamine groups is 1. The van der Waals surface area contributed by atoms with Gasteiger partial charge in [-0.1, -0.05) is 6.07 Å². The van der Waals surface area contributed by atoms with Crippen LogP contribution in [0.1, 0.15) is 10.4 Å². The molecule has 0 radical (unpaired) electrons. The average Bonchev–Trinajstić information content (AvgIpc) is 2.52. The van der Waals surface area contributed by atoms with Crippen LogP contribution >= 0.6 is 0 Å². The van der Waals surface area contributed by atoms with Crippen molar-refractivity contribution in [3.05, 3.63) is 42.2 Å². The zero-order valence-corrected chi connectivity index (χ0v) is 11.6. The molecule has 1 N–H and O–H groups in total. The van der Waals surface area contributed by atoms with Crippen LogP contribution in [0.5, 0.6) is 0 Å². The molecule has 0 saturated heterocycles. The summed E-state index contributed by atoms with van der Waals surface area (Å²) in [4.78, 5) is 25.0. The molecule has 0 atom stereocenters. The lowest BCUT2D eigenvalue weighted by Gasteiger charge is -2.18. The van der Waals surface area contributed by atoms with Gasteiger partial charge in [0.05, 0.1) is 18.2 Å². The van der Waals surface area contributed by atoms with Gasteiger partial charge >= 0.3 is 5.97 Å². The van der Waals surface area contributed by atoms with Crippen LogP contribution in [0, 0.1) is 0 Å². The van der Waals surface area contributed by atoms with Crippen molar-refractivity contribution in [3.63, 3.8) is 0 Å². The van der Waals surface area contributed by atoms with Gasteiger partial charge in [0.1, 0.15) is 0 Å². The van der Waals surface area contributed by atoms with E-state index in [0.717, 1.165) is 16.2 Å². The standard InChI is InChI=1S/C15H13N3O3/c1-18(21-2)14-11-5-6-16-8-12(11)10-4-3-9(15(19)20)7-13(10)17-14/h3-8H,1-2H3,(H,19,20). The first-order valence-electron chi connectivity index (χ1n) is 6.30. The highest BCUT2D eigenvalue weighted by Crippen LogP contribution is 2.30. The van der Waals surface area contributed by atoms with Crippen molar-refractivity contribution in [1.29, 1.82) is 0 Å². The monoisotopic (exact) mass is 283 g/mol. The van der Waals surface area contributed by atoms with Crippen molar-refractivity contribution < 1.29 is 14.7 Å². The molecule has 106 valence electrons. The van der Waals surface area contributed by atoms with Gasteiger partial charge in [0.25, 0.3) is 0 Å². The highest BCUT2D eigenvalue weighted by atomic mass is 16.7. The molecular formula is C15H13N3O3. The molecule has 0 spiro atoms. The Kier molecular flexibility index (Phi) is 3.15. The lowest BCUT2D eigenvalue weighted by Crippen LogP contribution is -2.16. The minimum Gasteiger partial charge on any atom is -0.478 e. The fourth-order valence-corrected chi connectivity index (χ4v) is 2.29. The molecule has 3 aromatic rings. The summed E-state index contributed by atoms with van der Waals surface area (Å²) in [7, 11) is 3.29. The largest absolute Gasteiger partial charge is 0.478 e. The first kappa shape index (κ1) is 13.3. The Morgan fingerprint density at radius 1 is 1.24 bits per heavy atom. The molecule has 0 fully saturated rings. The Balaban J connectivity index is 2.41. The van der Waals surface area contributed by atoms with Crippen molar-refractivity contribution in [2.75, 3.05) is 19.2 Å². The summed E-state index contributed by atoms with van der Waals surface area (Å²) in [5.74, 6) is -0.364. The summed E-state index contributed by atoms with van der Waals surface area (Å²) >= 11 is 0. The maximum Gasteiger partial charge on any atom is 0.335 e. The number of carbonyl (C=O) groups is 1. The third-order valence-corrected chi connectivity index (χ3v) is 3.40. The van der Waals surface area contributed by atoms with Crippen molar-refractivity contribution in [3.8, 4) is 0 Å².